The molecule has 0 spiro atoms. The van der Waals surface area contributed by atoms with E-state index in [9.17, 15) is 9.18 Å². The maximum absolute atomic E-state index is 12.9. The molecule has 0 radical (unpaired) electrons. The van der Waals surface area contributed by atoms with Crippen molar-refractivity contribution >= 4 is 17.5 Å². The third-order valence-electron chi connectivity index (χ3n) is 2.77. The van der Waals surface area contributed by atoms with Crippen LogP contribution in [-0.2, 0) is 0 Å². The van der Waals surface area contributed by atoms with Gasteiger partial charge in [0.1, 0.15) is 11.0 Å². The van der Waals surface area contributed by atoms with Crippen LogP contribution in [0.1, 0.15) is 31.1 Å². The van der Waals surface area contributed by atoms with E-state index in [1.165, 1.54) is 0 Å². The van der Waals surface area contributed by atoms with Crippen LogP contribution < -0.4 is 5.32 Å². The van der Waals surface area contributed by atoms with Crippen molar-refractivity contribution in [1.82, 2.24) is 10.3 Å². The Balaban J connectivity index is 2.67. The fourth-order valence-corrected chi connectivity index (χ4v) is 1.36. The van der Waals surface area contributed by atoms with Gasteiger partial charge in [-0.1, -0.05) is 32.4 Å². The Morgan fingerprint density at radius 2 is 2.18 bits per heavy atom. The van der Waals surface area contributed by atoms with Gasteiger partial charge in [-0.2, -0.15) is 0 Å². The van der Waals surface area contributed by atoms with Crippen molar-refractivity contribution in [1.29, 1.82) is 0 Å². The number of amides is 1. The minimum Gasteiger partial charge on any atom is -0.352 e. The normalized spacial score (nSPS) is 12.6. The highest BCUT2D eigenvalue weighted by atomic mass is 35.5. The molecule has 3 nitrogen and oxygen atoms in total. The van der Waals surface area contributed by atoms with Crippen LogP contribution in [0.2, 0.25) is 5.15 Å². The molecule has 1 heterocycles. The Hall–Kier alpha value is -1.16. The fourth-order valence-electron chi connectivity index (χ4n) is 1.17. The van der Waals surface area contributed by atoms with Crippen LogP contribution in [-0.4, -0.2) is 17.4 Å². The molecule has 0 aliphatic carbocycles. The topological polar surface area (TPSA) is 42.0 Å². The minimum atomic E-state index is -0.573. The number of hydrogen-bond acceptors (Lipinski definition) is 2. The van der Waals surface area contributed by atoms with E-state index in [4.69, 9.17) is 11.6 Å². The lowest BCUT2D eigenvalue weighted by molar-refractivity contribution is 0.0944. The van der Waals surface area contributed by atoms with E-state index in [1.54, 1.807) is 0 Å². The second-order valence-electron chi connectivity index (χ2n) is 4.42. The average molecular weight is 259 g/mol. The van der Waals surface area contributed by atoms with Crippen molar-refractivity contribution in [3.8, 4) is 0 Å². The second-order valence-corrected chi connectivity index (χ2v) is 4.78. The third kappa shape index (κ3) is 3.97. The lowest BCUT2D eigenvalue weighted by Gasteiger charge is -2.16. The Morgan fingerprint density at radius 1 is 1.53 bits per heavy atom. The van der Waals surface area contributed by atoms with Gasteiger partial charge in [0.25, 0.3) is 5.91 Å². The van der Waals surface area contributed by atoms with Crippen LogP contribution in [0.4, 0.5) is 4.39 Å². The standard InChI is InChI=1S/C12H16ClFN2O/c1-7(2)8(3)5-16-12(17)10-4-9(14)6-15-11(10)13/h4,6-8H,5H2,1-3H3,(H,16,17). The molecule has 94 valence electrons. The van der Waals surface area contributed by atoms with E-state index in [-0.39, 0.29) is 10.7 Å². The number of aromatic nitrogens is 1. The molecule has 1 rings (SSSR count). The Bertz CT molecular complexity index is 409. The first-order valence-electron chi connectivity index (χ1n) is 5.51. The monoisotopic (exact) mass is 258 g/mol. The summed E-state index contributed by atoms with van der Waals surface area (Å²) in [4.78, 5) is 15.3. The Labute approximate surface area is 105 Å². The van der Waals surface area contributed by atoms with Crippen molar-refractivity contribution in [2.24, 2.45) is 11.8 Å². The predicted octanol–water partition coefficient (Wildman–Crippen LogP) is 2.90. The molecule has 1 atom stereocenters. The van der Waals surface area contributed by atoms with Gasteiger partial charge >= 0.3 is 0 Å². The number of halogens is 2. The molecule has 1 amide bonds. The summed E-state index contributed by atoms with van der Waals surface area (Å²) in [5, 5.41) is 2.73. The third-order valence-corrected chi connectivity index (χ3v) is 3.07. The lowest BCUT2D eigenvalue weighted by atomic mass is 9.98. The fraction of sp³-hybridized carbons (Fsp3) is 0.500. The van der Waals surface area contributed by atoms with E-state index in [0.717, 1.165) is 12.3 Å². The minimum absolute atomic E-state index is 0.0149. The zero-order valence-electron chi connectivity index (χ0n) is 10.1. The largest absolute Gasteiger partial charge is 0.352 e. The van der Waals surface area contributed by atoms with Crippen LogP contribution >= 0.6 is 11.6 Å². The molecule has 17 heavy (non-hydrogen) atoms. The zero-order valence-corrected chi connectivity index (χ0v) is 10.9. The molecule has 0 saturated heterocycles. The zero-order chi connectivity index (χ0) is 13.0. The molecule has 5 heteroatoms. The van der Waals surface area contributed by atoms with Crippen LogP contribution in [0, 0.1) is 17.7 Å². The highest BCUT2D eigenvalue weighted by molar-refractivity contribution is 6.32. The summed E-state index contributed by atoms with van der Waals surface area (Å²) in [6.45, 7) is 6.72. The quantitative estimate of drug-likeness (QED) is 0.844. The Kier molecular flexibility index (Phi) is 4.87. The highest BCUT2D eigenvalue weighted by Gasteiger charge is 2.14. The second kappa shape index (κ2) is 5.96. The van der Waals surface area contributed by atoms with Crippen molar-refractivity contribution < 1.29 is 9.18 Å². The number of hydrogen-bond donors (Lipinski definition) is 1. The van der Waals surface area contributed by atoms with Gasteiger partial charge in [0.2, 0.25) is 0 Å². The average Bonchev–Trinajstić information content (AvgIpc) is 2.28. The summed E-state index contributed by atoms with van der Waals surface area (Å²) in [7, 11) is 0. The number of nitrogens with one attached hydrogen (secondary N) is 1. The van der Waals surface area contributed by atoms with Crippen LogP contribution in [0.3, 0.4) is 0 Å². The van der Waals surface area contributed by atoms with Gasteiger partial charge in [-0.3, -0.25) is 4.79 Å². The summed E-state index contributed by atoms with van der Waals surface area (Å²) >= 11 is 5.73. The maximum atomic E-state index is 12.9. The number of carbonyl (C=O) groups excluding carboxylic acids is 1. The highest BCUT2D eigenvalue weighted by Crippen LogP contribution is 2.14. The molecule has 0 saturated carbocycles. The maximum Gasteiger partial charge on any atom is 0.254 e. The summed E-state index contributed by atoms with van der Waals surface area (Å²) < 4.78 is 12.9. The summed E-state index contributed by atoms with van der Waals surface area (Å²) in [5.74, 6) is -0.151. The van der Waals surface area contributed by atoms with E-state index in [2.05, 4.69) is 24.1 Å². The smallest absolute Gasteiger partial charge is 0.254 e. The van der Waals surface area contributed by atoms with Crippen molar-refractivity contribution in [3.05, 3.63) is 28.8 Å². The number of pyridine rings is 1. The van der Waals surface area contributed by atoms with Gasteiger partial charge < -0.3 is 5.32 Å². The predicted molar refractivity (Wildman–Crippen MR) is 65.5 cm³/mol. The first-order valence-corrected chi connectivity index (χ1v) is 5.89. The summed E-state index contributed by atoms with van der Waals surface area (Å²) in [6.07, 6.45) is 0.982. The molecule has 1 N–H and O–H groups in total. The van der Waals surface area contributed by atoms with Crippen molar-refractivity contribution in [3.63, 3.8) is 0 Å². The van der Waals surface area contributed by atoms with E-state index >= 15 is 0 Å². The molecule has 0 fully saturated rings. The van der Waals surface area contributed by atoms with Crippen LogP contribution in [0.25, 0.3) is 0 Å². The molecule has 0 aliphatic heterocycles. The van der Waals surface area contributed by atoms with Crippen molar-refractivity contribution in [2.75, 3.05) is 6.54 Å². The number of nitrogens with zero attached hydrogens (tertiary/aromatic N) is 1. The van der Waals surface area contributed by atoms with E-state index < -0.39 is 11.7 Å². The molecular weight excluding hydrogens is 243 g/mol. The SMILES string of the molecule is CC(C)C(C)CNC(=O)c1cc(F)cnc1Cl. The first kappa shape index (κ1) is 13.9. The molecule has 0 aromatic carbocycles. The summed E-state index contributed by atoms with van der Waals surface area (Å²) in [5.41, 5.74) is 0.0719. The van der Waals surface area contributed by atoms with Crippen molar-refractivity contribution in [2.45, 2.75) is 20.8 Å². The van der Waals surface area contributed by atoms with E-state index in [0.29, 0.717) is 18.4 Å². The van der Waals surface area contributed by atoms with Gasteiger partial charge in [-0.15, -0.1) is 0 Å². The Morgan fingerprint density at radius 3 is 2.76 bits per heavy atom. The molecule has 1 aromatic heterocycles. The van der Waals surface area contributed by atoms with Gasteiger partial charge in [-0.25, -0.2) is 9.37 Å². The molecule has 0 aliphatic rings. The molecule has 0 bridgehead atoms. The van der Waals surface area contributed by atoms with E-state index in [1.807, 2.05) is 6.92 Å². The van der Waals surface area contributed by atoms with Gasteiger partial charge in [0.15, 0.2) is 0 Å². The van der Waals surface area contributed by atoms with Gasteiger partial charge in [0.05, 0.1) is 11.8 Å². The van der Waals surface area contributed by atoms with Crippen LogP contribution in [0.5, 0.6) is 0 Å². The molecule has 1 aromatic rings. The van der Waals surface area contributed by atoms with Crippen LogP contribution in [0.15, 0.2) is 12.3 Å². The number of carbonyl (C=O) groups is 1. The van der Waals surface area contributed by atoms with Gasteiger partial charge in [0, 0.05) is 6.54 Å². The molecular formula is C12H16ClFN2O. The van der Waals surface area contributed by atoms with Gasteiger partial charge in [-0.05, 0) is 17.9 Å². The number of rotatable bonds is 4. The first-order chi connectivity index (χ1) is 7.91. The molecule has 1 unspecified atom stereocenters. The lowest BCUT2D eigenvalue weighted by Crippen LogP contribution is -2.30. The summed E-state index contributed by atoms with van der Waals surface area (Å²) in [6, 6.07) is 1.09.